The van der Waals surface area contributed by atoms with Crippen LogP contribution >= 0.6 is 0 Å². The summed E-state index contributed by atoms with van der Waals surface area (Å²) in [6.07, 6.45) is 3.96. The van der Waals surface area contributed by atoms with Gasteiger partial charge in [0.05, 0.1) is 7.11 Å². The van der Waals surface area contributed by atoms with Gasteiger partial charge < -0.3 is 10.1 Å². The number of carbonyl (C=O) groups excluding carboxylic acids is 1. The number of methoxy groups -OCH3 is 1. The van der Waals surface area contributed by atoms with E-state index in [-0.39, 0.29) is 11.8 Å². The van der Waals surface area contributed by atoms with Crippen molar-refractivity contribution >= 4 is 11.6 Å². The number of pyridine rings is 1. The molecule has 0 fully saturated rings. The number of anilines is 1. The van der Waals surface area contributed by atoms with Crippen molar-refractivity contribution in [1.82, 2.24) is 4.98 Å². The molecular weight excluding hydrogens is 252 g/mol. The normalized spacial score (nSPS) is 11.7. The lowest BCUT2D eigenvalue weighted by Crippen LogP contribution is -2.14. The molecule has 0 aliphatic carbocycles. The summed E-state index contributed by atoms with van der Waals surface area (Å²) in [5, 5.41) is 2.88. The van der Waals surface area contributed by atoms with Crippen LogP contribution in [0.25, 0.3) is 0 Å². The van der Waals surface area contributed by atoms with Gasteiger partial charge >= 0.3 is 0 Å². The number of rotatable bonds is 5. The summed E-state index contributed by atoms with van der Waals surface area (Å²) in [5.74, 6) is 0.903. The molecule has 1 atom stereocenters. The number of hydrogen-bond donors (Lipinski definition) is 1. The standard InChI is InChI=1S/C16H18N2O2/c1-12(13-4-3-9-17-11-13)10-16(19)18-14-5-7-15(20-2)8-6-14/h3-9,11-12H,10H2,1-2H3,(H,18,19). The van der Waals surface area contributed by atoms with Crippen molar-refractivity contribution in [2.75, 3.05) is 12.4 Å². The Kier molecular flexibility index (Phi) is 4.71. The van der Waals surface area contributed by atoms with Gasteiger partial charge in [-0.25, -0.2) is 0 Å². The third kappa shape index (κ3) is 3.82. The highest BCUT2D eigenvalue weighted by Crippen LogP contribution is 2.19. The molecule has 0 saturated heterocycles. The van der Waals surface area contributed by atoms with Gasteiger partial charge in [-0.1, -0.05) is 13.0 Å². The summed E-state index contributed by atoms with van der Waals surface area (Å²) in [7, 11) is 1.61. The van der Waals surface area contributed by atoms with Crippen LogP contribution in [0, 0.1) is 0 Å². The molecule has 2 rings (SSSR count). The quantitative estimate of drug-likeness (QED) is 0.907. The highest BCUT2D eigenvalue weighted by Gasteiger charge is 2.11. The van der Waals surface area contributed by atoms with Gasteiger partial charge in [0, 0.05) is 24.5 Å². The molecular formula is C16H18N2O2. The molecule has 1 heterocycles. The molecule has 0 spiro atoms. The van der Waals surface area contributed by atoms with E-state index in [2.05, 4.69) is 10.3 Å². The Morgan fingerprint density at radius 1 is 1.30 bits per heavy atom. The third-order valence-electron chi connectivity index (χ3n) is 3.12. The van der Waals surface area contributed by atoms with Crippen molar-refractivity contribution in [3.63, 3.8) is 0 Å². The number of benzene rings is 1. The minimum Gasteiger partial charge on any atom is -0.497 e. The number of amides is 1. The Morgan fingerprint density at radius 3 is 2.65 bits per heavy atom. The second kappa shape index (κ2) is 6.70. The minimum atomic E-state index is -0.00785. The predicted octanol–water partition coefficient (Wildman–Crippen LogP) is 3.22. The molecule has 1 aromatic heterocycles. The number of carbonyl (C=O) groups is 1. The Morgan fingerprint density at radius 2 is 2.05 bits per heavy atom. The van der Waals surface area contributed by atoms with Crippen LogP contribution < -0.4 is 10.1 Å². The largest absolute Gasteiger partial charge is 0.497 e. The summed E-state index contributed by atoms with van der Waals surface area (Å²) in [5.41, 5.74) is 1.84. The fourth-order valence-corrected chi connectivity index (χ4v) is 1.95. The van der Waals surface area contributed by atoms with Crippen LogP contribution in [0.5, 0.6) is 5.75 Å². The molecule has 0 aliphatic heterocycles. The molecule has 0 aliphatic rings. The lowest BCUT2D eigenvalue weighted by atomic mass is 9.99. The highest BCUT2D eigenvalue weighted by molar-refractivity contribution is 5.91. The van der Waals surface area contributed by atoms with Crippen LogP contribution in [0.4, 0.5) is 5.69 Å². The third-order valence-corrected chi connectivity index (χ3v) is 3.12. The van der Waals surface area contributed by atoms with Crippen molar-refractivity contribution in [3.05, 3.63) is 54.4 Å². The highest BCUT2D eigenvalue weighted by atomic mass is 16.5. The van der Waals surface area contributed by atoms with E-state index in [0.29, 0.717) is 6.42 Å². The second-order valence-electron chi connectivity index (χ2n) is 4.67. The number of ether oxygens (including phenoxy) is 1. The first-order chi connectivity index (χ1) is 9.69. The molecule has 0 saturated carbocycles. The van der Waals surface area contributed by atoms with E-state index >= 15 is 0 Å². The topological polar surface area (TPSA) is 51.2 Å². The van der Waals surface area contributed by atoms with Gasteiger partial charge in [-0.15, -0.1) is 0 Å². The van der Waals surface area contributed by atoms with Gasteiger partial charge in [-0.2, -0.15) is 0 Å². The van der Waals surface area contributed by atoms with Crippen LogP contribution in [0.1, 0.15) is 24.8 Å². The molecule has 1 aromatic carbocycles. The average molecular weight is 270 g/mol. The Hall–Kier alpha value is -2.36. The molecule has 4 heteroatoms. The van der Waals surface area contributed by atoms with Crippen molar-refractivity contribution in [1.29, 1.82) is 0 Å². The maximum atomic E-state index is 12.0. The van der Waals surface area contributed by atoms with E-state index < -0.39 is 0 Å². The summed E-state index contributed by atoms with van der Waals surface area (Å²) in [6, 6.07) is 11.2. The zero-order valence-corrected chi connectivity index (χ0v) is 11.7. The average Bonchev–Trinajstić information content (AvgIpc) is 2.49. The zero-order chi connectivity index (χ0) is 14.4. The van der Waals surface area contributed by atoms with E-state index in [9.17, 15) is 4.79 Å². The van der Waals surface area contributed by atoms with E-state index in [1.165, 1.54) is 0 Å². The van der Waals surface area contributed by atoms with Crippen molar-refractivity contribution in [2.24, 2.45) is 0 Å². The van der Waals surface area contributed by atoms with Crippen LogP contribution in [0.15, 0.2) is 48.8 Å². The van der Waals surface area contributed by atoms with Gasteiger partial charge in [-0.3, -0.25) is 9.78 Å². The molecule has 1 unspecified atom stereocenters. The predicted molar refractivity (Wildman–Crippen MR) is 78.9 cm³/mol. The van der Waals surface area contributed by atoms with E-state index in [0.717, 1.165) is 17.0 Å². The lowest BCUT2D eigenvalue weighted by molar-refractivity contribution is -0.116. The maximum absolute atomic E-state index is 12.0. The molecule has 0 radical (unpaired) electrons. The Balaban J connectivity index is 1.91. The monoisotopic (exact) mass is 270 g/mol. The molecule has 104 valence electrons. The van der Waals surface area contributed by atoms with Crippen molar-refractivity contribution in [2.45, 2.75) is 19.3 Å². The lowest BCUT2D eigenvalue weighted by Gasteiger charge is -2.11. The molecule has 4 nitrogen and oxygen atoms in total. The van der Waals surface area contributed by atoms with Crippen LogP contribution in [-0.2, 0) is 4.79 Å². The summed E-state index contributed by atoms with van der Waals surface area (Å²) in [4.78, 5) is 16.1. The first-order valence-electron chi connectivity index (χ1n) is 6.53. The molecule has 0 bridgehead atoms. The summed E-state index contributed by atoms with van der Waals surface area (Å²) >= 11 is 0. The van der Waals surface area contributed by atoms with Gasteiger partial charge in [0.1, 0.15) is 5.75 Å². The number of hydrogen-bond acceptors (Lipinski definition) is 3. The van der Waals surface area contributed by atoms with Crippen LogP contribution in [0.3, 0.4) is 0 Å². The summed E-state index contributed by atoms with van der Waals surface area (Å²) in [6.45, 7) is 2.02. The SMILES string of the molecule is COc1ccc(NC(=O)CC(C)c2cccnc2)cc1. The fourth-order valence-electron chi connectivity index (χ4n) is 1.95. The number of aromatic nitrogens is 1. The number of nitrogens with zero attached hydrogens (tertiary/aromatic N) is 1. The van der Waals surface area contributed by atoms with Gasteiger partial charge in [0.2, 0.25) is 5.91 Å². The first kappa shape index (κ1) is 14.1. The number of nitrogens with one attached hydrogen (secondary N) is 1. The minimum absolute atomic E-state index is 0.00785. The van der Waals surface area contributed by atoms with Crippen molar-refractivity contribution < 1.29 is 9.53 Å². The van der Waals surface area contributed by atoms with Gasteiger partial charge in [-0.05, 0) is 41.8 Å². The van der Waals surface area contributed by atoms with E-state index in [1.54, 1.807) is 19.5 Å². The second-order valence-corrected chi connectivity index (χ2v) is 4.67. The molecule has 1 N–H and O–H groups in total. The van der Waals surface area contributed by atoms with Crippen molar-refractivity contribution in [3.8, 4) is 5.75 Å². The van der Waals surface area contributed by atoms with E-state index in [4.69, 9.17) is 4.74 Å². The Labute approximate surface area is 118 Å². The Bertz CT molecular complexity index is 552. The smallest absolute Gasteiger partial charge is 0.224 e. The van der Waals surface area contributed by atoms with E-state index in [1.807, 2.05) is 43.3 Å². The summed E-state index contributed by atoms with van der Waals surface area (Å²) < 4.78 is 5.08. The van der Waals surface area contributed by atoms with Gasteiger partial charge in [0.25, 0.3) is 0 Å². The first-order valence-corrected chi connectivity index (χ1v) is 6.53. The maximum Gasteiger partial charge on any atom is 0.224 e. The van der Waals surface area contributed by atoms with Crippen LogP contribution in [-0.4, -0.2) is 18.0 Å². The molecule has 2 aromatic rings. The van der Waals surface area contributed by atoms with Crippen LogP contribution in [0.2, 0.25) is 0 Å². The molecule has 1 amide bonds. The zero-order valence-electron chi connectivity index (χ0n) is 11.7. The van der Waals surface area contributed by atoms with Gasteiger partial charge in [0.15, 0.2) is 0 Å². The molecule has 20 heavy (non-hydrogen) atoms. The fraction of sp³-hybridized carbons (Fsp3) is 0.250.